The van der Waals surface area contributed by atoms with Gasteiger partial charge in [-0.1, -0.05) is 6.92 Å². The Morgan fingerprint density at radius 3 is 2.69 bits per heavy atom. The van der Waals surface area contributed by atoms with Gasteiger partial charge in [0.1, 0.15) is 0 Å². The van der Waals surface area contributed by atoms with Gasteiger partial charge in [-0.05, 0) is 51.7 Å². The van der Waals surface area contributed by atoms with Crippen molar-refractivity contribution in [2.75, 3.05) is 27.2 Å². The molecule has 1 saturated carbocycles. The van der Waals surface area contributed by atoms with Gasteiger partial charge in [0.2, 0.25) is 0 Å². The molecule has 0 heterocycles. The van der Waals surface area contributed by atoms with Crippen molar-refractivity contribution in [3.63, 3.8) is 0 Å². The minimum Gasteiger partial charge on any atom is -0.381 e. The molecule has 1 rings (SSSR count). The van der Waals surface area contributed by atoms with Crippen LogP contribution in [0.5, 0.6) is 0 Å². The summed E-state index contributed by atoms with van der Waals surface area (Å²) in [7, 11) is 4.04. The van der Waals surface area contributed by atoms with Crippen molar-refractivity contribution in [3.05, 3.63) is 0 Å². The molecule has 0 aromatic carbocycles. The smallest absolute Gasteiger partial charge is 0.0574 e. The molecule has 0 radical (unpaired) electrons. The Morgan fingerprint density at radius 1 is 1.38 bits per heavy atom. The van der Waals surface area contributed by atoms with E-state index in [1.54, 1.807) is 0 Å². The Bertz CT molecular complexity index is 138. The van der Waals surface area contributed by atoms with Crippen molar-refractivity contribution in [3.8, 4) is 0 Å². The van der Waals surface area contributed by atoms with E-state index in [1.165, 1.54) is 38.8 Å². The molecule has 2 heteroatoms. The van der Waals surface area contributed by atoms with Crippen LogP contribution in [0.1, 0.15) is 32.6 Å². The molecule has 2 nitrogen and oxygen atoms in total. The van der Waals surface area contributed by atoms with Crippen LogP contribution in [0.4, 0.5) is 0 Å². The molecule has 0 amide bonds. The van der Waals surface area contributed by atoms with Crippen LogP contribution in [0, 0.1) is 5.92 Å². The first-order valence-corrected chi connectivity index (χ1v) is 5.47. The van der Waals surface area contributed by atoms with E-state index in [0.29, 0.717) is 6.10 Å². The van der Waals surface area contributed by atoms with Crippen molar-refractivity contribution in [1.29, 1.82) is 0 Å². The highest BCUT2D eigenvalue weighted by Crippen LogP contribution is 2.29. The molecule has 0 N–H and O–H groups in total. The largest absolute Gasteiger partial charge is 0.381 e. The van der Waals surface area contributed by atoms with Crippen LogP contribution >= 0.6 is 0 Å². The van der Waals surface area contributed by atoms with E-state index < -0.39 is 0 Å². The molecule has 1 aliphatic rings. The van der Waals surface area contributed by atoms with Crippen LogP contribution in [0.25, 0.3) is 0 Å². The molecule has 0 spiro atoms. The van der Waals surface area contributed by atoms with Crippen LogP contribution in [0.15, 0.2) is 0 Å². The van der Waals surface area contributed by atoms with Crippen LogP contribution in [-0.4, -0.2) is 38.3 Å². The zero-order valence-electron chi connectivity index (χ0n) is 9.25. The molecule has 0 saturated heterocycles. The fraction of sp³-hybridized carbons (Fsp3) is 1.00. The van der Waals surface area contributed by atoms with Crippen LogP contribution in [-0.2, 0) is 4.74 Å². The summed E-state index contributed by atoms with van der Waals surface area (Å²) in [6, 6.07) is 0. The van der Waals surface area contributed by atoms with Crippen LogP contribution in [0.3, 0.4) is 0 Å². The maximum absolute atomic E-state index is 5.36. The first-order chi connectivity index (χ1) is 6.26. The van der Waals surface area contributed by atoms with Crippen molar-refractivity contribution >= 4 is 0 Å². The van der Waals surface area contributed by atoms with Gasteiger partial charge < -0.3 is 9.64 Å². The summed E-state index contributed by atoms with van der Waals surface area (Å²) in [5, 5.41) is 0. The molecule has 78 valence electrons. The minimum atomic E-state index is 0.553. The lowest BCUT2D eigenvalue weighted by molar-refractivity contribution is 0.104. The predicted octanol–water partition coefficient (Wildman–Crippen LogP) is 2.14. The van der Waals surface area contributed by atoms with Gasteiger partial charge in [-0.3, -0.25) is 0 Å². The monoisotopic (exact) mass is 185 g/mol. The lowest BCUT2D eigenvalue weighted by Crippen LogP contribution is -2.20. The Morgan fingerprint density at radius 2 is 2.15 bits per heavy atom. The van der Waals surface area contributed by atoms with E-state index >= 15 is 0 Å². The molecule has 0 aliphatic heterocycles. The first-order valence-electron chi connectivity index (χ1n) is 5.47. The number of ether oxygens (including phenoxy) is 1. The Balaban J connectivity index is 2.10. The topological polar surface area (TPSA) is 12.5 Å². The van der Waals surface area contributed by atoms with Crippen molar-refractivity contribution in [2.45, 2.75) is 38.7 Å². The molecule has 2 unspecified atom stereocenters. The van der Waals surface area contributed by atoms with Crippen molar-refractivity contribution < 1.29 is 4.74 Å². The summed E-state index contributed by atoms with van der Waals surface area (Å²) >= 11 is 0. The fourth-order valence-corrected chi connectivity index (χ4v) is 2.07. The fourth-order valence-electron chi connectivity index (χ4n) is 2.07. The summed E-state index contributed by atoms with van der Waals surface area (Å²) < 4.78 is 5.36. The molecule has 13 heavy (non-hydrogen) atoms. The molecule has 2 atom stereocenters. The van der Waals surface area contributed by atoms with Crippen molar-refractivity contribution in [1.82, 2.24) is 4.90 Å². The summed E-state index contributed by atoms with van der Waals surface area (Å²) in [4.78, 5) is 2.39. The number of methoxy groups -OCH3 is 1. The standard InChI is InChI=1S/C11H23NO/c1-4-12(2)8-7-10-5-6-11(9-10)13-3/h10-11H,4-9H2,1-3H3. The normalized spacial score (nSPS) is 28.6. The van der Waals surface area contributed by atoms with Gasteiger partial charge in [-0.2, -0.15) is 0 Å². The van der Waals surface area contributed by atoms with Gasteiger partial charge in [0.05, 0.1) is 6.10 Å². The van der Waals surface area contributed by atoms with E-state index in [1.807, 2.05) is 7.11 Å². The average Bonchev–Trinajstić information content (AvgIpc) is 2.61. The number of nitrogens with zero attached hydrogens (tertiary/aromatic N) is 1. The molecular weight excluding hydrogens is 162 g/mol. The second kappa shape index (κ2) is 5.61. The number of hydrogen-bond donors (Lipinski definition) is 0. The Hall–Kier alpha value is -0.0800. The highest BCUT2D eigenvalue weighted by molar-refractivity contribution is 4.76. The molecule has 0 bridgehead atoms. The van der Waals surface area contributed by atoms with E-state index in [0.717, 1.165) is 5.92 Å². The second-order valence-corrected chi connectivity index (χ2v) is 4.22. The summed E-state index contributed by atoms with van der Waals surface area (Å²) in [5.41, 5.74) is 0. The third-order valence-electron chi connectivity index (χ3n) is 3.29. The van der Waals surface area contributed by atoms with E-state index in [4.69, 9.17) is 4.74 Å². The molecule has 0 aromatic rings. The third kappa shape index (κ3) is 3.65. The van der Waals surface area contributed by atoms with E-state index in [2.05, 4.69) is 18.9 Å². The Labute approximate surface area is 82.3 Å². The summed E-state index contributed by atoms with van der Waals surface area (Å²) in [5.74, 6) is 0.916. The SMILES string of the molecule is CCN(C)CCC1CCC(OC)C1. The zero-order valence-corrected chi connectivity index (χ0v) is 9.25. The average molecular weight is 185 g/mol. The lowest BCUT2D eigenvalue weighted by atomic mass is 10.0. The summed E-state index contributed by atoms with van der Waals surface area (Å²) in [6.45, 7) is 4.63. The van der Waals surface area contributed by atoms with Crippen LogP contribution < -0.4 is 0 Å². The van der Waals surface area contributed by atoms with Crippen molar-refractivity contribution in [2.24, 2.45) is 5.92 Å². The van der Waals surface area contributed by atoms with Gasteiger partial charge in [-0.25, -0.2) is 0 Å². The maximum Gasteiger partial charge on any atom is 0.0574 e. The van der Waals surface area contributed by atoms with Gasteiger partial charge in [0, 0.05) is 7.11 Å². The molecule has 1 fully saturated rings. The molecule has 1 aliphatic carbocycles. The molecular formula is C11H23NO. The van der Waals surface area contributed by atoms with E-state index in [-0.39, 0.29) is 0 Å². The zero-order chi connectivity index (χ0) is 9.68. The van der Waals surface area contributed by atoms with Gasteiger partial charge in [0.25, 0.3) is 0 Å². The molecule has 0 aromatic heterocycles. The first kappa shape index (κ1) is 11.0. The third-order valence-corrected chi connectivity index (χ3v) is 3.29. The van der Waals surface area contributed by atoms with Gasteiger partial charge in [0.15, 0.2) is 0 Å². The van der Waals surface area contributed by atoms with Gasteiger partial charge >= 0.3 is 0 Å². The minimum absolute atomic E-state index is 0.553. The summed E-state index contributed by atoms with van der Waals surface area (Å²) in [6.07, 6.45) is 5.84. The quantitative estimate of drug-likeness (QED) is 0.650. The van der Waals surface area contributed by atoms with Crippen LogP contribution in [0.2, 0.25) is 0 Å². The number of rotatable bonds is 5. The highest BCUT2D eigenvalue weighted by atomic mass is 16.5. The Kier molecular flexibility index (Phi) is 4.74. The highest BCUT2D eigenvalue weighted by Gasteiger charge is 2.23. The number of hydrogen-bond acceptors (Lipinski definition) is 2. The maximum atomic E-state index is 5.36. The second-order valence-electron chi connectivity index (χ2n) is 4.22. The lowest BCUT2D eigenvalue weighted by Gasteiger charge is -2.16. The predicted molar refractivity (Wildman–Crippen MR) is 55.9 cm³/mol. The van der Waals surface area contributed by atoms with Gasteiger partial charge in [-0.15, -0.1) is 0 Å². The van der Waals surface area contributed by atoms with E-state index in [9.17, 15) is 0 Å².